The van der Waals surface area contributed by atoms with Gasteiger partial charge in [0.2, 0.25) is 0 Å². The second kappa shape index (κ2) is 12.7. The number of hydrogen-bond donors (Lipinski definition) is 2. The number of ether oxygens (including phenoxy) is 3. The van der Waals surface area contributed by atoms with Crippen LogP contribution in [-0.2, 0) is 22.7 Å². The van der Waals surface area contributed by atoms with Crippen molar-refractivity contribution in [2.75, 3.05) is 26.3 Å². The van der Waals surface area contributed by atoms with Gasteiger partial charge in [-0.05, 0) is 59.1 Å². The number of phenolic OH excluding ortho intramolecular Hbond substituents is 1. The zero-order valence-corrected chi connectivity index (χ0v) is 21.1. The first-order valence-electron chi connectivity index (χ1n) is 13.1. The Morgan fingerprint density at radius 3 is 2.49 bits per heavy atom. The van der Waals surface area contributed by atoms with Gasteiger partial charge < -0.3 is 24.6 Å². The van der Waals surface area contributed by atoms with Crippen LogP contribution >= 0.6 is 0 Å². The second-order valence-corrected chi connectivity index (χ2v) is 9.58. The van der Waals surface area contributed by atoms with Gasteiger partial charge in [-0.15, -0.1) is 0 Å². The molecule has 0 aliphatic carbocycles. The lowest BCUT2D eigenvalue weighted by atomic mass is 9.87. The zero-order valence-electron chi connectivity index (χ0n) is 21.1. The maximum Gasteiger partial charge on any atom is 0.121 e. The summed E-state index contributed by atoms with van der Waals surface area (Å²) in [6, 6.07) is 30.7. The van der Waals surface area contributed by atoms with Crippen LogP contribution in [0.5, 0.6) is 11.5 Å². The number of rotatable bonds is 11. The molecular formula is C32H35NO4. The number of piperidine rings is 1. The predicted octanol–water partition coefficient (Wildman–Crippen LogP) is 6.19. The monoisotopic (exact) mass is 497 g/mol. The minimum absolute atomic E-state index is 0.133. The highest BCUT2D eigenvalue weighted by Crippen LogP contribution is 2.30. The van der Waals surface area contributed by atoms with Gasteiger partial charge >= 0.3 is 0 Å². The van der Waals surface area contributed by atoms with Crippen molar-refractivity contribution in [2.45, 2.75) is 38.1 Å². The highest BCUT2D eigenvalue weighted by Gasteiger charge is 2.27. The van der Waals surface area contributed by atoms with Crippen molar-refractivity contribution in [1.82, 2.24) is 5.32 Å². The molecule has 0 aromatic heterocycles. The summed E-state index contributed by atoms with van der Waals surface area (Å²) in [4.78, 5) is 0. The van der Waals surface area contributed by atoms with Crippen LogP contribution in [0.1, 0.15) is 35.4 Å². The van der Waals surface area contributed by atoms with Crippen LogP contribution < -0.4 is 10.1 Å². The molecule has 0 saturated carbocycles. The third kappa shape index (κ3) is 6.89. The van der Waals surface area contributed by atoms with E-state index in [1.54, 1.807) is 6.07 Å². The van der Waals surface area contributed by atoms with Crippen LogP contribution in [0.15, 0.2) is 91.0 Å². The Hall–Kier alpha value is -3.38. The molecule has 2 unspecified atom stereocenters. The normalized spacial score (nSPS) is 17.6. The molecule has 1 saturated heterocycles. The van der Waals surface area contributed by atoms with Crippen LogP contribution in [0, 0.1) is 0 Å². The minimum Gasteiger partial charge on any atom is -0.508 e. The topological polar surface area (TPSA) is 60.0 Å². The number of nitrogens with one attached hydrogen (secondary N) is 1. The van der Waals surface area contributed by atoms with Crippen molar-refractivity contribution >= 4 is 10.8 Å². The SMILES string of the molecule is Oc1ccccc1COCCCOc1ccc(C2CCNCC2OCc2ccc3ccccc3c2)cc1. The molecule has 1 aliphatic rings. The Bertz CT molecular complexity index is 1270. The van der Waals surface area contributed by atoms with Crippen molar-refractivity contribution in [1.29, 1.82) is 0 Å². The van der Waals surface area contributed by atoms with Crippen molar-refractivity contribution in [3.05, 3.63) is 108 Å². The molecular weight excluding hydrogens is 462 g/mol. The van der Waals surface area contributed by atoms with E-state index < -0.39 is 0 Å². The van der Waals surface area contributed by atoms with Crippen LogP contribution in [0.4, 0.5) is 0 Å². The van der Waals surface area contributed by atoms with E-state index in [9.17, 15) is 5.11 Å². The Morgan fingerprint density at radius 1 is 0.811 bits per heavy atom. The minimum atomic E-state index is 0.133. The van der Waals surface area contributed by atoms with E-state index in [-0.39, 0.29) is 11.9 Å². The first-order valence-corrected chi connectivity index (χ1v) is 13.1. The fourth-order valence-corrected chi connectivity index (χ4v) is 4.90. The fraction of sp³-hybridized carbons (Fsp3) is 0.312. The van der Waals surface area contributed by atoms with Gasteiger partial charge in [0.1, 0.15) is 11.5 Å². The lowest BCUT2D eigenvalue weighted by Crippen LogP contribution is -2.40. The summed E-state index contributed by atoms with van der Waals surface area (Å²) in [5.41, 5.74) is 3.30. The Kier molecular flexibility index (Phi) is 8.70. The number of hydrogen-bond acceptors (Lipinski definition) is 5. The van der Waals surface area contributed by atoms with E-state index in [1.165, 1.54) is 21.9 Å². The number of aromatic hydroxyl groups is 1. The second-order valence-electron chi connectivity index (χ2n) is 9.58. The highest BCUT2D eigenvalue weighted by atomic mass is 16.5. The van der Waals surface area contributed by atoms with Crippen LogP contribution in [0.2, 0.25) is 0 Å². The number of phenols is 1. The maximum atomic E-state index is 9.80. The van der Waals surface area contributed by atoms with Gasteiger partial charge in [0, 0.05) is 24.4 Å². The van der Waals surface area contributed by atoms with Crippen molar-refractivity contribution in [2.24, 2.45) is 0 Å². The van der Waals surface area contributed by atoms with E-state index >= 15 is 0 Å². The third-order valence-corrected chi connectivity index (χ3v) is 6.96. The van der Waals surface area contributed by atoms with E-state index in [4.69, 9.17) is 14.2 Å². The van der Waals surface area contributed by atoms with Crippen LogP contribution in [0.25, 0.3) is 10.8 Å². The number of benzene rings is 4. The van der Waals surface area contributed by atoms with E-state index in [0.717, 1.165) is 37.2 Å². The highest BCUT2D eigenvalue weighted by molar-refractivity contribution is 5.82. The molecule has 5 nitrogen and oxygen atoms in total. The molecule has 2 atom stereocenters. The van der Waals surface area contributed by atoms with Gasteiger partial charge in [-0.3, -0.25) is 0 Å². The van der Waals surface area contributed by atoms with Gasteiger partial charge in [0.25, 0.3) is 0 Å². The Balaban J connectivity index is 1.08. The first-order chi connectivity index (χ1) is 18.3. The van der Waals surface area contributed by atoms with Gasteiger partial charge in [-0.1, -0.05) is 66.7 Å². The summed E-state index contributed by atoms with van der Waals surface area (Å²) < 4.78 is 18.0. The molecule has 0 spiro atoms. The maximum absolute atomic E-state index is 9.80. The number of fused-ring (bicyclic) bond motifs is 1. The molecule has 4 aromatic rings. The van der Waals surface area contributed by atoms with Gasteiger partial charge in [-0.2, -0.15) is 0 Å². The summed E-state index contributed by atoms with van der Waals surface area (Å²) in [6.07, 6.45) is 1.97. The summed E-state index contributed by atoms with van der Waals surface area (Å²) in [6.45, 7) is 4.04. The van der Waals surface area contributed by atoms with Gasteiger partial charge in [0.15, 0.2) is 0 Å². The molecule has 37 heavy (non-hydrogen) atoms. The molecule has 2 N–H and O–H groups in total. The summed E-state index contributed by atoms with van der Waals surface area (Å²) >= 11 is 0. The van der Waals surface area contributed by atoms with E-state index in [0.29, 0.717) is 32.3 Å². The molecule has 0 bridgehead atoms. The molecule has 1 heterocycles. The first kappa shape index (κ1) is 25.3. The lowest BCUT2D eigenvalue weighted by molar-refractivity contribution is 0.0106. The largest absolute Gasteiger partial charge is 0.508 e. The Morgan fingerprint density at radius 2 is 1.62 bits per heavy atom. The predicted molar refractivity (Wildman–Crippen MR) is 147 cm³/mol. The fourth-order valence-electron chi connectivity index (χ4n) is 4.90. The Labute approximate surface area is 219 Å². The van der Waals surface area contributed by atoms with Crippen LogP contribution in [0.3, 0.4) is 0 Å². The molecule has 1 fully saturated rings. The van der Waals surface area contributed by atoms with Crippen molar-refractivity contribution in [3.8, 4) is 11.5 Å². The number of para-hydroxylation sites is 1. The molecule has 5 heteroatoms. The van der Waals surface area contributed by atoms with Gasteiger partial charge in [0.05, 0.1) is 32.5 Å². The molecule has 1 aliphatic heterocycles. The van der Waals surface area contributed by atoms with E-state index in [1.807, 2.05) is 18.2 Å². The average Bonchev–Trinajstić information content (AvgIpc) is 2.95. The lowest BCUT2D eigenvalue weighted by Gasteiger charge is -2.32. The summed E-state index contributed by atoms with van der Waals surface area (Å²) in [7, 11) is 0. The average molecular weight is 498 g/mol. The summed E-state index contributed by atoms with van der Waals surface area (Å²) in [5, 5.41) is 15.8. The van der Waals surface area contributed by atoms with Gasteiger partial charge in [-0.25, -0.2) is 0 Å². The standard InChI is InChI=1S/C32H35NO4/c34-31-9-4-3-8-28(31)23-35-18-5-19-36-29-14-12-26(13-15-29)30-16-17-33-21-32(30)37-22-24-10-11-25-6-1-2-7-27(25)20-24/h1-4,6-15,20,30,32-34H,5,16-19,21-23H2. The molecule has 4 aromatic carbocycles. The smallest absolute Gasteiger partial charge is 0.121 e. The summed E-state index contributed by atoms with van der Waals surface area (Å²) in [5.74, 6) is 1.50. The molecule has 0 amide bonds. The molecule has 192 valence electrons. The molecule has 5 rings (SSSR count). The third-order valence-electron chi connectivity index (χ3n) is 6.96. The van der Waals surface area contributed by atoms with E-state index in [2.05, 4.69) is 72.0 Å². The zero-order chi connectivity index (χ0) is 25.3. The van der Waals surface area contributed by atoms with Crippen molar-refractivity contribution in [3.63, 3.8) is 0 Å². The van der Waals surface area contributed by atoms with Crippen LogP contribution in [-0.4, -0.2) is 37.5 Å². The molecule has 0 radical (unpaired) electrons. The quantitative estimate of drug-likeness (QED) is 0.242. The van der Waals surface area contributed by atoms with Crippen molar-refractivity contribution < 1.29 is 19.3 Å².